The van der Waals surface area contributed by atoms with Gasteiger partial charge in [-0.05, 0) is 74.7 Å². The quantitative estimate of drug-likeness (QED) is 0.929. The van der Waals surface area contributed by atoms with E-state index in [4.69, 9.17) is 0 Å². The van der Waals surface area contributed by atoms with Gasteiger partial charge in [0, 0.05) is 13.6 Å². The standard InChI is InChI=1S/C17H25N3O/c1-11-3-15(20(2)19-11)16(21)18-10-17-7-12-4-13(8-17)6-14(5-12)9-17/h3,12-14H,4-10H2,1-2H3,(H,18,21). The molecule has 1 amide bonds. The number of aryl methyl sites for hydroxylation is 2. The Morgan fingerprint density at radius 3 is 2.33 bits per heavy atom. The topological polar surface area (TPSA) is 46.9 Å². The van der Waals surface area contributed by atoms with Gasteiger partial charge in [-0.2, -0.15) is 5.10 Å². The Morgan fingerprint density at radius 1 is 1.29 bits per heavy atom. The molecule has 0 aliphatic heterocycles. The molecule has 5 rings (SSSR count). The summed E-state index contributed by atoms with van der Waals surface area (Å²) in [5, 5.41) is 7.47. The van der Waals surface area contributed by atoms with Crippen molar-refractivity contribution in [3.8, 4) is 0 Å². The first-order chi connectivity index (χ1) is 10.0. The molecule has 0 aromatic carbocycles. The zero-order valence-corrected chi connectivity index (χ0v) is 13.1. The molecule has 4 fully saturated rings. The van der Waals surface area contributed by atoms with Gasteiger partial charge in [-0.1, -0.05) is 0 Å². The van der Waals surface area contributed by atoms with Crippen molar-refractivity contribution < 1.29 is 4.79 Å². The lowest BCUT2D eigenvalue weighted by Crippen LogP contribution is -2.51. The number of nitrogens with one attached hydrogen (secondary N) is 1. The molecule has 0 spiro atoms. The molecule has 1 aromatic rings. The maximum absolute atomic E-state index is 12.4. The summed E-state index contributed by atoms with van der Waals surface area (Å²) in [6.45, 7) is 2.79. The number of hydrogen-bond acceptors (Lipinski definition) is 2. The Kier molecular flexibility index (Phi) is 2.92. The molecule has 114 valence electrons. The average molecular weight is 287 g/mol. The smallest absolute Gasteiger partial charge is 0.269 e. The van der Waals surface area contributed by atoms with Crippen LogP contribution in [0.4, 0.5) is 0 Å². The minimum absolute atomic E-state index is 0.0360. The Hall–Kier alpha value is -1.32. The molecule has 4 aliphatic rings. The molecular formula is C17H25N3O. The van der Waals surface area contributed by atoms with Crippen LogP contribution < -0.4 is 5.32 Å². The minimum atomic E-state index is 0.0360. The van der Waals surface area contributed by atoms with Crippen LogP contribution in [0, 0.1) is 30.1 Å². The van der Waals surface area contributed by atoms with Gasteiger partial charge in [0.25, 0.3) is 5.91 Å². The molecule has 1 N–H and O–H groups in total. The second-order valence-corrected chi connectivity index (χ2v) is 7.89. The first kappa shape index (κ1) is 13.4. The van der Waals surface area contributed by atoms with Crippen LogP contribution >= 0.6 is 0 Å². The van der Waals surface area contributed by atoms with Gasteiger partial charge in [-0.25, -0.2) is 0 Å². The molecule has 0 radical (unpaired) electrons. The summed E-state index contributed by atoms with van der Waals surface area (Å²) in [5.41, 5.74) is 1.98. The summed E-state index contributed by atoms with van der Waals surface area (Å²) in [7, 11) is 1.84. The maximum Gasteiger partial charge on any atom is 0.269 e. The molecule has 1 heterocycles. The first-order valence-electron chi connectivity index (χ1n) is 8.32. The molecule has 21 heavy (non-hydrogen) atoms. The molecule has 0 atom stereocenters. The van der Waals surface area contributed by atoms with Crippen molar-refractivity contribution in [3.63, 3.8) is 0 Å². The van der Waals surface area contributed by atoms with Crippen LogP contribution in [0.3, 0.4) is 0 Å². The van der Waals surface area contributed by atoms with E-state index in [1.54, 1.807) is 4.68 Å². The van der Waals surface area contributed by atoms with Gasteiger partial charge < -0.3 is 5.32 Å². The Morgan fingerprint density at radius 2 is 1.86 bits per heavy atom. The predicted molar refractivity (Wildman–Crippen MR) is 80.9 cm³/mol. The number of hydrogen-bond donors (Lipinski definition) is 1. The summed E-state index contributed by atoms with van der Waals surface area (Å²) in [6.07, 6.45) is 8.37. The number of aromatic nitrogens is 2. The van der Waals surface area contributed by atoms with Crippen LogP contribution in [0.5, 0.6) is 0 Å². The van der Waals surface area contributed by atoms with E-state index < -0.39 is 0 Å². The van der Waals surface area contributed by atoms with Crippen LogP contribution in [-0.4, -0.2) is 22.2 Å². The molecule has 1 aromatic heterocycles. The van der Waals surface area contributed by atoms with Crippen LogP contribution in [0.25, 0.3) is 0 Å². The number of amides is 1. The highest BCUT2D eigenvalue weighted by Crippen LogP contribution is 2.59. The van der Waals surface area contributed by atoms with Crippen LogP contribution in [0.15, 0.2) is 6.07 Å². The summed E-state index contributed by atoms with van der Waals surface area (Å²) in [4.78, 5) is 12.4. The molecule has 4 heteroatoms. The van der Waals surface area contributed by atoms with Crippen molar-refractivity contribution >= 4 is 5.91 Å². The fraction of sp³-hybridized carbons (Fsp3) is 0.765. The lowest BCUT2D eigenvalue weighted by atomic mass is 9.49. The predicted octanol–water partition coefficient (Wildman–Crippen LogP) is 2.67. The van der Waals surface area contributed by atoms with E-state index in [9.17, 15) is 4.79 Å². The van der Waals surface area contributed by atoms with E-state index in [0.29, 0.717) is 11.1 Å². The normalized spacial score (nSPS) is 37.0. The van der Waals surface area contributed by atoms with Gasteiger partial charge in [0.2, 0.25) is 0 Å². The van der Waals surface area contributed by atoms with E-state index in [2.05, 4.69) is 10.4 Å². The summed E-state index contributed by atoms with van der Waals surface area (Å²) in [5.74, 6) is 2.85. The lowest BCUT2D eigenvalue weighted by molar-refractivity contribution is -0.0503. The second-order valence-electron chi connectivity index (χ2n) is 7.89. The summed E-state index contributed by atoms with van der Waals surface area (Å²) < 4.78 is 1.68. The van der Waals surface area contributed by atoms with Crippen molar-refractivity contribution in [1.29, 1.82) is 0 Å². The van der Waals surface area contributed by atoms with Crippen molar-refractivity contribution in [2.75, 3.05) is 6.54 Å². The van der Waals surface area contributed by atoms with Crippen LogP contribution in [0.2, 0.25) is 0 Å². The first-order valence-corrected chi connectivity index (χ1v) is 8.32. The second kappa shape index (κ2) is 4.59. The largest absolute Gasteiger partial charge is 0.350 e. The summed E-state index contributed by atoms with van der Waals surface area (Å²) >= 11 is 0. The molecule has 4 bridgehead atoms. The highest BCUT2D eigenvalue weighted by molar-refractivity contribution is 5.92. The third-order valence-electron chi connectivity index (χ3n) is 6.02. The van der Waals surface area contributed by atoms with Crippen molar-refractivity contribution in [2.45, 2.75) is 45.4 Å². The van der Waals surface area contributed by atoms with E-state index in [1.165, 1.54) is 38.5 Å². The third-order valence-corrected chi connectivity index (χ3v) is 6.02. The fourth-order valence-corrected chi connectivity index (χ4v) is 5.69. The van der Waals surface area contributed by atoms with E-state index >= 15 is 0 Å². The van der Waals surface area contributed by atoms with Gasteiger partial charge in [0.05, 0.1) is 5.69 Å². The fourth-order valence-electron chi connectivity index (χ4n) is 5.69. The van der Waals surface area contributed by atoms with E-state index in [-0.39, 0.29) is 5.91 Å². The lowest BCUT2D eigenvalue weighted by Gasteiger charge is -2.56. The Bertz CT molecular complexity index is 539. The minimum Gasteiger partial charge on any atom is -0.350 e. The maximum atomic E-state index is 12.4. The SMILES string of the molecule is Cc1cc(C(=O)NCC23CC4CC(CC(C4)C2)C3)n(C)n1. The zero-order valence-electron chi connectivity index (χ0n) is 13.1. The third kappa shape index (κ3) is 2.29. The number of rotatable bonds is 3. The molecule has 4 nitrogen and oxygen atoms in total. The van der Waals surface area contributed by atoms with E-state index in [0.717, 1.165) is 30.0 Å². The Labute approximate surface area is 126 Å². The molecule has 4 aliphatic carbocycles. The number of nitrogens with zero attached hydrogens (tertiary/aromatic N) is 2. The number of carbonyl (C=O) groups excluding carboxylic acids is 1. The summed E-state index contributed by atoms with van der Waals surface area (Å²) in [6, 6.07) is 1.87. The zero-order chi connectivity index (χ0) is 14.6. The van der Waals surface area contributed by atoms with Crippen molar-refractivity contribution in [2.24, 2.45) is 30.2 Å². The number of carbonyl (C=O) groups is 1. The van der Waals surface area contributed by atoms with Gasteiger partial charge in [0.15, 0.2) is 0 Å². The van der Waals surface area contributed by atoms with Gasteiger partial charge in [0.1, 0.15) is 5.69 Å². The van der Waals surface area contributed by atoms with Crippen LogP contribution in [-0.2, 0) is 7.05 Å². The molecule has 4 saturated carbocycles. The molecule has 0 unspecified atom stereocenters. The molecular weight excluding hydrogens is 262 g/mol. The average Bonchev–Trinajstić information content (AvgIpc) is 2.74. The molecule has 0 saturated heterocycles. The monoisotopic (exact) mass is 287 g/mol. The Balaban J connectivity index is 1.45. The van der Waals surface area contributed by atoms with Gasteiger partial charge in [-0.3, -0.25) is 9.48 Å². The highest BCUT2D eigenvalue weighted by atomic mass is 16.2. The van der Waals surface area contributed by atoms with Gasteiger partial charge in [-0.15, -0.1) is 0 Å². The highest BCUT2D eigenvalue weighted by Gasteiger charge is 2.50. The van der Waals surface area contributed by atoms with Crippen molar-refractivity contribution in [3.05, 3.63) is 17.5 Å². The van der Waals surface area contributed by atoms with Gasteiger partial charge >= 0.3 is 0 Å². The van der Waals surface area contributed by atoms with E-state index in [1.807, 2.05) is 20.0 Å². The van der Waals surface area contributed by atoms with Crippen LogP contribution in [0.1, 0.15) is 54.7 Å². The van der Waals surface area contributed by atoms with Crippen molar-refractivity contribution in [1.82, 2.24) is 15.1 Å².